The van der Waals surface area contributed by atoms with Gasteiger partial charge in [-0.25, -0.2) is 0 Å². The van der Waals surface area contributed by atoms with Crippen LogP contribution in [0.5, 0.6) is 5.75 Å². The summed E-state index contributed by atoms with van der Waals surface area (Å²) in [6, 6.07) is 8.97. The second-order valence-corrected chi connectivity index (χ2v) is 4.71. The zero-order valence-corrected chi connectivity index (χ0v) is 10.2. The van der Waals surface area contributed by atoms with Crippen molar-refractivity contribution in [1.82, 2.24) is 5.32 Å². The minimum atomic E-state index is 0.608. The molecule has 0 aliphatic carbocycles. The largest absolute Gasteiger partial charge is 0.493 e. The lowest BCUT2D eigenvalue weighted by atomic mass is 9.96. The molecular formula is C14H21NO. The molecule has 1 N–H and O–H groups in total. The van der Waals surface area contributed by atoms with Gasteiger partial charge in [-0.3, -0.25) is 0 Å². The molecule has 2 atom stereocenters. The fourth-order valence-corrected chi connectivity index (χ4v) is 2.03. The zero-order chi connectivity index (χ0) is 11.4. The first-order valence-corrected chi connectivity index (χ1v) is 6.23. The van der Waals surface area contributed by atoms with Crippen LogP contribution in [0, 0.1) is 5.92 Å². The molecule has 1 aliphatic rings. The van der Waals surface area contributed by atoms with Gasteiger partial charge in [0.05, 0.1) is 6.61 Å². The number of para-hydroxylation sites is 1. The molecule has 0 aromatic heterocycles. The Morgan fingerprint density at radius 2 is 2.25 bits per heavy atom. The number of benzene rings is 1. The highest BCUT2D eigenvalue weighted by atomic mass is 16.5. The summed E-state index contributed by atoms with van der Waals surface area (Å²) >= 11 is 0. The topological polar surface area (TPSA) is 21.3 Å². The van der Waals surface area contributed by atoms with E-state index in [0.29, 0.717) is 12.0 Å². The van der Waals surface area contributed by atoms with E-state index in [9.17, 15) is 0 Å². The van der Waals surface area contributed by atoms with Crippen molar-refractivity contribution in [2.24, 2.45) is 5.92 Å². The minimum Gasteiger partial charge on any atom is -0.493 e. The van der Waals surface area contributed by atoms with Gasteiger partial charge >= 0.3 is 0 Å². The summed E-state index contributed by atoms with van der Waals surface area (Å²) in [6.45, 7) is 6.35. The van der Waals surface area contributed by atoms with E-state index in [2.05, 4.69) is 37.4 Å². The predicted octanol–water partition coefficient (Wildman–Crippen LogP) is 2.63. The fraction of sp³-hybridized carbons (Fsp3) is 0.571. The van der Waals surface area contributed by atoms with Gasteiger partial charge in [0, 0.05) is 18.5 Å². The van der Waals surface area contributed by atoms with E-state index in [0.717, 1.165) is 25.3 Å². The van der Waals surface area contributed by atoms with E-state index < -0.39 is 0 Å². The van der Waals surface area contributed by atoms with Crippen molar-refractivity contribution in [3.05, 3.63) is 29.8 Å². The average molecular weight is 219 g/mol. The lowest BCUT2D eigenvalue weighted by Crippen LogP contribution is -2.35. The Morgan fingerprint density at radius 3 is 3.06 bits per heavy atom. The molecule has 0 bridgehead atoms. The maximum atomic E-state index is 5.76. The monoisotopic (exact) mass is 219 g/mol. The van der Waals surface area contributed by atoms with Gasteiger partial charge in [-0.05, 0) is 31.4 Å². The second-order valence-electron chi connectivity index (χ2n) is 4.71. The van der Waals surface area contributed by atoms with Crippen LogP contribution in [0.25, 0.3) is 0 Å². The third-order valence-corrected chi connectivity index (χ3v) is 3.32. The van der Waals surface area contributed by atoms with E-state index in [-0.39, 0.29) is 0 Å². The SMILES string of the molecule is CCC(C)NCC1COc2ccccc2C1. The van der Waals surface area contributed by atoms with Crippen LogP contribution in [0.2, 0.25) is 0 Å². The molecule has 0 radical (unpaired) electrons. The summed E-state index contributed by atoms with van der Waals surface area (Å²) in [7, 11) is 0. The Hall–Kier alpha value is -1.02. The van der Waals surface area contributed by atoms with Crippen LogP contribution in [0.4, 0.5) is 0 Å². The molecule has 1 aliphatic heterocycles. The van der Waals surface area contributed by atoms with Gasteiger partial charge in [0.15, 0.2) is 0 Å². The summed E-state index contributed by atoms with van der Waals surface area (Å²) < 4.78 is 5.76. The quantitative estimate of drug-likeness (QED) is 0.840. The first-order valence-electron chi connectivity index (χ1n) is 6.23. The average Bonchev–Trinajstić information content (AvgIpc) is 2.35. The van der Waals surface area contributed by atoms with Crippen molar-refractivity contribution in [3.8, 4) is 5.75 Å². The first-order chi connectivity index (χ1) is 7.79. The Bertz CT molecular complexity index is 337. The standard InChI is InChI=1S/C14H21NO/c1-3-11(2)15-9-12-8-13-6-4-5-7-14(13)16-10-12/h4-7,11-12,15H,3,8-10H2,1-2H3. The molecule has 0 saturated heterocycles. The molecule has 0 saturated carbocycles. The summed E-state index contributed by atoms with van der Waals surface area (Å²) in [5.41, 5.74) is 1.35. The maximum Gasteiger partial charge on any atom is 0.122 e. The molecule has 2 heteroatoms. The van der Waals surface area contributed by atoms with Crippen molar-refractivity contribution < 1.29 is 4.74 Å². The molecule has 0 amide bonds. The summed E-state index contributed by atoms with van der Waals surface area (Å²) in [5, 5.41) is 3.55. The molecule has 88 valence electrons. The molecule has 1 aromatic carbocycles. The van der Waals surface area contributed by atoms with Gasteiger partial charge in [0.2, 0.25) is 0 Å². The molecule has 0 spiro atoms. The highest BCUT2D eigenvalue weighted by Gasteiger charge is 2.19. The number of rotatable bonds is 4. The Kier molecular flexibility index (Phi) is 3.83. The highest BCUT2D eigenvalue weighted by Crippen LogP contribution is 2.26. The van der Waals surface area contributed by atoms with E-state index in [4.69, 9.17) is 4.74 Å². The van der Waals surface area contributed by atoms with Gasteiger partial charge < -0.3 is 10.1 Å². The number of hydrogen-bond donors (Lipinski definition) is 1. The summed E-state index contributed by atoms with van der Waals surface area (Å²) in [4.78, 5) is 0. The van der Waals surface area contributed by atoms with Crippen LogP contribution in [-0.4, -0.2) is 19.2 Å². The third-order valence-electron chi connectivity index (χ3n) is 3.32. The van der Waals surface area contributed by atoms with E-state index >= 15 is 0 Å². The van der Waals surface area contributed by atoms with Gasteiger partial charge in [-0.15, -0.1) is 0 Å². The molecular weight excluding hydrogens is 198 g/mol. The number of ether oxygens (including phenoxy) is 1. The molecule has 0 fully saturated rings. The van der Waals surface area contributed by atoms with Crippen LogP contribution in [0.3, 0.4) is 0 Å². The van der Waals surface area contributed by atoms with Crippen LogP contribution in [-0.2, 0) is 6.42 Å². The van der Waals surface area contributed by atoms with Gasteiger partial charge in [-0.2, -0.15) is 0 Å². The van der Waals surface area contributed by atoms with Crippen molar-refractivity contribution in [1.29, 1.82) is 0 Å². The fourth-order valence-electron chi connectivity index (χ4n) is 2.03. The molecule has 1 heterocycles. The van der Waals surface area contributed by atoms with Crippen molar-refractivity contribution in [3.63, 3.8) is 0 Å². The van der Waals surface area contributed by atoms with Crippen LogP contribution in [0.15, 0.2) is 24.3 Å². The number of fused-ring (bicyclic) bond motifs is 1. The molecule has 2 unspecified atom stereocenters. The third kappa shape index (κ3) is 2.76. The lowest BCUT2D eigenvalue weighted by molar-refractivity contribution is 0.215. The van der Waals surface area contributed by atoms with Crippen molar-refractivity contribution in [2.45, 2.75) is 32.7 Å². The number of hydrogen-bond acceptors (Lipinski definition) is 2. The van der Waals surface area contributed by atoms with Gasteiger partial charge in [0.25, 0.3) is 0 Å². The minimum absolute atomic E-state index is 0.608. The summed E-state index contributed by atoms with van der Waals surface area (Å²) in [5.74, 6) is 1.69. The van der Waals surface area contributed by atoms with Crippen LogP contribution >= 0.6 is 0 Å². The Balaban J connectivity index is 1.88. The smallest absolute Gasteiger partial charge is 0.122 e. The van der Waals surface area contributed by atoms with Crippen molar-refractivity contribution >= 4 is 0 Å². The maximum absolute atomic E-state index is 5.76. The van der Waals surface area contributed by atoms with Crippen LogP contribution in [0.1, 0.15) is 25.8 Å². The van der Waals surface area contributed by atoms with E-state index in [1.165, 1.54) is 12.0 Å². The van der Waals surface area contributed by atoms with Gasteiger partial charge in [0.1, 0.15) is 5.75 Å². The van der Waals surface area contributed by atoms with E-state index in [1.54, 1.807) is 0 Å². The Labute approximate surface area is 98.0 Å². The van der Waals surface area contributed by atoms with Crippen molar-refractivity contribution in [2.75, 3.05) is 13.2 Å². The van der Waals surface area contributed by atoms with Gasteiger partial charge in [-0.1, -0.05) is 25.1 Å². The predicted molar refractivity (Wildman–Crippen MR) is 66.9 cm³/mol. The summed E-state index contributed by atoms with van der Waals surface area (Å²) in [6.07, 6.45) is 2.32. The van der Waals surface area contributed by atoms with E-state index in [1.807, 2.05) is 6.07 Å². The zero-order valence-electron chi connectivity index (χ0n) is 10.2. The highest BCUT2D eigenvalue weighted by molar-refractivity contribution is 5.35. The van der Waals surface area contributed by atoms with Crippen LogP contribution < -0.4 is 10.1 Å². The normalized spacial score (nSPS) is 21.0. The number of nitrogens with one attached hydrogen (secondary N) is 1. The molecule has 1 aromatic rings. The molecule has 16 heavy (non-hydrogen) atoms. The first kappa shape index (κ1) is 11.5. The molecule has 2 nitrogen and oxygen atoms in total. The molecule has 2 rings (SSSR count). The lowest BCUT2D eigenvalue weighted by Gasteiger charge is -2.26. The second kappa shape index (κ2) is 5.35. The Morgan fingerprint density at radius 1 is 1.44 bits per heavy atom.